The first-order chi connectivity index (χ1) is 15.9. The molecule has 1 aliphatic heterocycles. The van der Waals surface area contributed by atoms with Gasteiger partial charge < -0.3 is 19.3 Å². The van der Waals surface area contributed by atoms with E-state index in [0.29, 0.717) is 18.0 Å². The minimum atomic E-state index is -1.94. The van der Waals surface area contributed by atoms with Gasteiger partial charge in [-0.15, -0.1) is 0 Å². The molecule has 1 saturated heterocycles. The summed E-state index contributed by atoms with van der Waals surface area (Å²) in [5, 5.41) is 18.3. The van der Waals surface area contributed by atoms with E-state index in [9.17, 15) is 14.4 Å². The Morgan fingerprint density at radius 2 is 1.67 bits per heavy atom. The largest absolute Gasteiger partial charge is 0.467 e. The molecule has 0 radical (unpaired) electrons. The summed E-state index contributed by atoms with van der Waals surface area (Å²) in [5.74, 6) is -0.393. The van der Waals surface area contributed by atoms with Crippen molar-refractivity contribution in [1.29, 1.82) is 0 Å². The number of amides is 4. The molecule has 33 heavy (non-hydrogen) atoms. The normalized spacial score (nSPS) is 15.3. The summed E-state index contributed by atoms with van der Waals surface area (Å²) in [6.45, 7) is 0.463. The maximum Gasteiger partial charge on any atom is 0.328 e. The lowest BCUT2D eigenvalue weighted by atomic mass is 9.95. The molecule has 1 fully saturated rings. The van der Waals surface area contributed by atoms with E-state index in [1.54, 1.807) is 41.2 Å². The van der Waals surface area contributed by atoms with Crippen LogP contribution in [-0.2, 0) is 20.9 Å². The Kier molecular flexibility index (Phi) is 6.24. The van der Waals surface area contributed by atoms with Crippen LogP contribution in [0.3, 0.4) is 0 Å². The second-order valence-corrected chi connectivity index (χ2v) is 7.29. The lowest BCUT2D eigenvalue weighted by molar-refractivity contribution is -0.153. The Morgan fingerprint density at radius 1 is 1.00 bits per heavy atom. The second kappa shape index (κ2) is 9.27. The number of rotatable bonds is 9. The van der Waals surface area contributed by atoms with Crippen molar-refractivity contribution in [3.05, 3.63) is 48.7 Å². The minimum absolute atomic E-state index is 0.00413. The highest BCUT2D eigenvalue weighted by Gasteiger charge is 2.52. The van der Waals surface area contributed by atoms with Crippen molar-refractivity contribution in [1.82, 2.24) is 20.4 Å². The van der Waals surface area contributed by atoms with Crippen molar-refractivity contribution in [2.75, 3.05) is 20.3 Å². The van der Waals surface area contributed by atoms with E-state index in [-0.39, 0.29) is 25.4 Å². The summed E-state index contributed by atoms with van der Waals surface area (Å²) in [7, 11) is 1.43. The van der Waals surface area contributed by atoms with Crippen LogP contribution in [0.5, 0.6) is 17.2 Å². The highest BCUT2D eigenvalue weighted by atomic mass is 16.5. The van der Waals surface area contributed by atoms with Crippen LogP contribution < -0.4 is 20.1 Å². The minimum Gasteiger partial charge on any atom is -0.467 e. The summed E-state index contributed by atoms with van der Waals surface area (Å²) in [6.07, 6.45) is 1.61. The summed E-state index contributed by atoms with van der Waals surface area (Å²) in [6, 6.07) is 10.9. The third-order valence-electron chi connectivity index (χ3n) is 5.12. The maximum atomic E-state index is 12.5. The fourth-order valence-electron chi connectivity index (χ4n) is 3.47. The Labute approximate surface area is 188 Å². The first kappa shape index (κ1) is 22.2. The maximum absolute atomic E-state index is 12.5. The number of imide groups is 2. The van der Waals surface area contributed by atoms with E-state index in [2.05, 4.69) is 15.7 Å². The van der Waals surface area contributed by atoms with Gasteiger partial charge in [-0.2, -0.15) is 5.10 Å². The molecule has 11 heteroatoms. The summed E-state index contributed by atoms with van der Waals surface area (Å²) in [5.41, 5.74) is -1.06. The molecule has 4 rings (SSSR count). The number of nitrogens with one attached hydrogen (secondary N) is 2. The molecule has 0 spiro atoms. The summed E-state index contributed by atoms with van der Waals surface area (Å²) >= 11 is 0. The van der Waals surface area contributed by atoms with Crippen LogP contribution in [0.4, 0.5) is 4.79 Å². The van der Waals surface area contributed by atoms with Crippen LogP contribution in [0.2, 0.25) is 0 Å². The smallest absolute Gasteiger partial charge is 0.328 e. The number of methoxy groups -OCH3 is 1. The summed E-state index contributed by atoms with van der Waals surface area (Å²) in [4.78, 5) is 36.4. The Bertz CT molecular complexity index is 1170. The second-order valence-electron chi connectivity index (χ2n) is 7.29. The predicted octanol–water partition coefficient (Wildman–Crippen LogP) is 1.34. The van der Waals surface area contributed by atoms with Crippen LogP contribution in [0, 0.1) is 0 Å². The van der Waals surface area contributed by atoms with Gasteiger partial charge in [0.2, 0.25) is 0 Å². The number of benzene rings is 2. The number of aliphatic hydroxyl groups is 1. The number of carbonyl (C=O) groups excluding carboxylic acids is 3. The van der Waals surface area contributed by atoms with E-state index < -0.39 is 23.4 Å². The Balaban J connectivity index is 1.50. The number of hydrogen-bond acceptors (Lipinski definition) is 8. The molecular formula is C22H22N4O7. The molecule has 11 nitrogen and oxygen atoms in total. The van der Waals surface area contributed by atoms with Crippen LogP contribution in [0.1, 0.15) is 6.42 Å². The van der Waals surface area contributed by atoms with Gasteiger partial charge >= 0.3 is 6.03 Å². The standard InChI is InChI=1S/C22H22N4O7/c1-31-11-8-22(19(28)24-21(30)25-20(22)29)33-16-4-2-15(3-5-16)32-17-6-7-18-14(12-17)13-23-26(18)9-10-27/h2-7,12-13,27H,8-11H2,1H3,(H2,24,25,28,29,30). The zero-order valence-corrected chi connectivity index (χ0v) is 17.7. The number of urea groups is 1. The van der Waals surface area contributed by atoms with Gasteiger partial charge in [0.15, 0.2) is 0 Å². The fourth-order valence-corrected chi connectivity index (χ4v) is 3.47. The van der Waals surface area contributed by atoms with Crippen molar-refractivity contribution in [2.24, 2.45) is 0 Å². The first-order valence-corrected chi connectivity index (χ1v) is 10.1. The molecule has 2 aromatic carbocycles. The van der Waals surface area contributed by atoms with Crippen molar-refractivity contribution in [3.8, 4) is 17.2 Å². The van der Waals surface area contributed by atoms with E-state index >= 15 is 0 Å². The van der Waals surface area contributed by atoms with Gasteiger partial charge in [0.05, 0.1) is 31.5 Å². The van der Waals surface area contributed by atoms with Crippen LogP contribution in [0.25, 0.3) is 10.9 Å². The zero-order valence-electron chi connectivity index (χ0n) is 17.7. The fraction of sp³-hybridized carbons (Fsp3) is 0.273. The van der Waals surface area contributed by atoms with Crippen molar-refractivity contribution >= 4 is 28.7 Å². The van der Waals surface area contributed by atoms with E-state index in [4.69, 9.17) is 19.3 Å². The average Bonchev–Trinajstić information content (AvgIpc) is 3.19. The van der Waals surface area contributed by atoms with Gasteiger partial charge in [0.1, 0.15) is 17.2 Å². The third-order valence-corrected chi connectivity index (χ3v) is 5.12. The average molecular weight is 454 g/mol. The number of nitrogens with zero attached hydrogens (tertiary/aromatic N) is 2. The molecule has 3 aromatic rings. The van der Waals surface area contributed by atoms with Crippen LogP contribution in [-0.4, -0.2) is 58.7 Å². The molecule has 0 unspecified atom stereocenters. The molecule has 0 atom stereocenters. The Hall–Kier alpha value is -3.96. The van der Waals surface area contributed by atoms with Crippen molar-refractivity contribution in [2.45, 2.75) is 18.6 Å². The molecule has 0 saturated carbocycles. The van der Waals surface area contributed by atoms with Gasteiger partial charge in [-0.3, -0.25) is 24.9 Å². The number of barbiturate groups is 1. The van der Waals surface area contributed by atoms with Crippen LogP contribution >= 0.6 is 0 Å². The van der Waals surface area contributed by atoms with Gasteiger partial charge in [-0.05, 0) is 42.5 Å². The molecule has 172 valence electrons. The van der Waals surface area contributed by atoms with Crippen molar-refractivity contribution < 1.29 is 33.7 Å². The van der Waals surface area contributed by atoms with Gasteiger partial charge in [0.25, 0.3) is 17.4 Å². The number of ether oxygens (including phenoxy) is 3. The molecule has 2 heterocycles. The Morgan fingerprint density at radius 3 is 2.33 bits per heavy atom. The highest BCUT2D eigenvalue weighted by molar-refractivity contribution is 6.21. The van der Waals surface area contributed by atoms with Gasteiger partial charge in [-0.25, -0.2) is 4.79 Å². The molecule has 4 amide bonds. The zero-order chi connectivity index (χ0) is 23.4. The SMILES string of the molecule is COCCC1(Oc2ccc(Oc3ccc4c(cnn4CCO)c3)cc2)C(=O)NC(=O)NC1=O. The van der Waals surface area contributed by atoms with Crippen LogP contribution in [0.15, 0.2) is 48.7 Å². The lowest BCUT2D eigenvalue weighted by Gasteiger charge is -2.34. The highest BCUT2D eigenvalue weighted by Crippen LogP contribution is 2.29. The third kappa shape index (κ3) is 4.49. The van der Waals surface area contributed by atoms with Crippen molar-refractivity contribution in [3.63, 3.8) is 0 Å². The van der Waals surface area contributed by atoms with E-state index in [1.807, 2.05) is 12.1 Å². The number of hydrogen-bond donors (Lipinski definition) is 3. The van der Waals surface area contributed by atoms with Gasteiger partial charge in [0, 0.05) is 18.9 Å². The number of aromatic nitrogens is 2. The lowest BCUT2D eigenvalue weighted by Crippen LogP contribution is -2.69. The number of carbonyl (C=O) groups is 3. The monoisotopic (exact) mass is 454 g/mol. The summed E-state index contributed by atoms with van der Waals surface area (Å²) < 4.78 is 18.3. The molecule has 0 bridgehead atoms. The molecule has 1 aromatic heterocycles. The van der Waals surface area contributed by atoms with E-state index in [0.717, 1.165) is 10.9 Å². The predicted molar refractivity (Wildman–Crippen MR) is 115 cm³/mol. The van der Waals surface area contributed by atoms with E-state index in [1.165, 1.54) is 7.11 Å². The molecule has 1 aliphatic rings. The molecular weight excluding hydrogens is 432 g/mol. The first-order valence-electron chi connectivity index (χ1n) is 10.1. The number of aliphatic hydroxyl groups excluding tert-OH is 1. The van der Waals surface area contributed by atoms with Gasteiger partial charge in [-0.1, -0.05) is 0 Å². The quantitative estimate of drug-likeness (QED) is 0.412. The molecule has 3 N–H and O–H groups in total. The topological polar surface area (TPSA) is 141 Å². The number of fused-ring (bicyclic) bond motifs is 1. The molecule has 0 aliphatic carbocycles.